The molecule has 0 atom stereocenters. The number of ether oxygens (including phenoxy) is 1. The first-order valence-corrected chi connectivity index (χ1v) is 2.65. The van der Waals surface area contributed by atoms with Crippen molar-refractivity contribution in [1.29, 1.82) is 0 Å². The van der Waals surface area contributed by atoms with Gasteiger partial charge in [0.05, 0.1) is 6.61 Å². The first-order valence-electron chi connectivity index (χ1n) is 2.65. The fraction of sp³-hybridized carbons (Fsp3) is 0.600. The molecular formula is C5H10N2O3. The Hall–Kier alpha value is -1.10. The molecular weight excluding hydrogens is 136 g/mol. The molecule has 0 aliphatic heterocycles. The summed E-state index contributed by atoms with van der Waals surface area (Å²) in [6.07, 6.45) is 0. The van der Waals surface area contributed by atoms with Gasteiger partial charge in [0, 0.05) is 7.11 Å². The molecule has 0 amide bonds. The summed E-state index contributed by atoms with van der Waals surface area (Å²) >= 11 is 0. The summed E-state index contributed by atoms with van der Waals surface area (Å²) in [7, 11) is 1.45. The predicted octanol–water partition coefficient (Wildman–Crippen LogP) is 0.313. The van der Waals surface area contributed by atoms with Crippen molar-refractivity contribution in [2.75, 3.05) is 13.7 Å². The Morgan fingerprint density at radius 1 is 1.40 bits per heavy atom. The van der Waals surface area contributed by atoms with Crippen molar-refractivity contribution in [2.45, 2.75) is 6.92 Å². The van der Waals surface area contributed by atoms with Gasteiger partial charge in [-0.15, -0.1) is 0 Å². The third-order valence-electron chi connectivity index (χ3n) is 0.969. The lowest BCUT2D eigenvalue weighted by Gasteiger charge is -1.98. The monoisotopic (exact) mass is 146 g/mol. The normalized spacial score (nSPS) is 13.8. The van der Waals surface area contributed by atoms with E-state index in [2.05, 4.69) is 15.0 Å². The Kier molecular flexibility index (Phi) is 4.23. The fourth-order valence-corrected chi connectivity index (χ4v) is 0.400. The Morgan fingerprint density at radius 3 is 2.30 bits per heavy atom. The maximum Gasteiger partial charge on any atom is 0.130 e. The molecule has 0 saturated heterocycles. The minimum atomic E-state index is 0.131. The van der Waals surface area contributed by atoms with Crippen LogP contribution in [0.1, 0.15) is 6.92 Å². The molecule has 0 aromatic heterocycles. The number of hydrogen-bond donors (Lipinski definition) is 2. The van der Waals surface area contributed by atoms with Gasteiger partial charge in [0.1, 0.15) is 11.4 Å². The molecule has 0 saturated carbocycles. The highest BCUT2D eigenvalue weighted by Crippen LogP contribution is 1.83. The SMILES string of the molecule is COCC(=N/O)/C(C)=N\O. The van der Waals surface area contributed by atoms with E-state index in [1.165, 1.54) is 14.0 Å². The molecule has 5 heteroatoms. The summed E-state index contributed by atoms with van der Waals surface area (Å²) in [6.45, 7) is 1.64. The van der Waals surface area contributed by atoms with Crippen LogP contribution in [0.2, 0.25) is 0 Å². The Labute approximate surface area is 58.6 Å². The summed E-state index contributed by atoms with van der Waals surface area (Å²) in [4.78, 5) is 0. The molecule has 0 aliphatic rings. The number of nitrogens with zero attached hydrogens (tertiary/aromatic N) is 2. The first-order chi connectivity index (χ1) is 4.76. The zero-order valence-corrected chi connectivity index (χ0v) is 5.90. The molecule has 0 unspecified atom stereocenters. The van der Waals surface area contributed by atoms with E-state index in [0.717, 1.165) is 0 Å². The van der Waals surface area contributed by atoms with Gasteiger partial charge in [0.2, 0.25) is 0 Å². The van der Waals surface area contributed by atoms with E-state index in [1.807, 2.05) is 0 Å². The average molecular weight is 146 g/mol. The zero-order chi connectivity index (χ0) is 7.98. The van der Waals surface area contributed by atoms with E-state index >= 15 is 0 Å². The minimum absolute atomic E-state index is 0.131. The van der Waals surface area contributed by atoms with Crippen LogP contribution in [-0.4, -0.2) is 35.6 Å². The van der Waals surface area contributed by atoms with Crippen molar-refractivity contribution in [2.24, 2.45) is 10.3 Å². The zero-order valence-electron chi connectivity index (χ0n) is 5.90. The average Bonchev–Trinajstić information content (AvgIpc) is 1.99. The Bertz CT molecular complexity index is 153. The van der Waals surface area contributed by atoms with Gasteiger partial charge >= 0.3 is 0 Å². The van der Waals surface area contributed by atoms with Gasteiger partial charge in [-0.05, 0) is 6.92 Å². The van der Waals surface area contributed by atoms with Crippen molar-refractivity contribution in [3.63, 3.8) is 0 Å². The van der Waals surface area contributed by atoms with E-state index in [1.54, 1.807) is 0 Å². The van der Waals surface area contributed by atoms with E-state index < -0.39 is 0 Å². The lowest BCUT2D eigenvalue weighted by molar-refractivity contribution is 0.238. The maximum atomic E-state index is 8.27. The van der Waals surface area contributed by atoms with Crippen LogP contribution in [0.15, 0.2) is 10.3 Å². The smallest absolute Gasteiger partial charge is 0.130 e. The van der Waals surface area contributed by atoms with Crippen molar-refractivity contribution < 1.29 is 15.2 Å². The second-order valence-electron chi connectivity index (χ2n) is 1.67. The Balaban J connectivity index is 4.09. The molecule has 0 rings (SSSR count). The molecule has 0 fully saturated rings. The van der Waals surface area contributed by atoms with Crippen LogP contribution in [-0.2, 0) is 4.74 Å². The number of rotatable bonds is 3. The predicted molar refractivity (Wildman–Crippen MR) is 36.0 cm³/mol. The van der Waals surface area contributed by atoms with Crippen LogP contribution in [0.3, 0.4) is 0 Å². The number of oxime groups is 2. The second kappa shape index (κ2) is 4.75. The van der Waals surface area contributed by atoms with Crippen molar-refractivity contribution in [3.8, 4) is 0 Å². The molecule has 0 aromatic carbocycles. The summed E-state index contributed by atoms with van der Waals surface area (Å²) in [5.74, 6) is 0. The topological polar surface area (TPSA) is 74.4 Å². The maximum absolute atomic E-state index is 8.27. The van der Waals surface area contributed by atoms with Gasteiger partial charge in [-0.1, -0.05) is 10.3 Å². The second-order valence-corrected chi connectivity index (χ2v) is 1.67. The van der Waals surface area contributed by atoms with E-state index in [-0.39, 0.29) is 18.0 Å². The van der Waals surface area contributed by atoms with E-state index in [9.17, 15) is 0 Å². The van der Waals surface area contributed by atoms with Crippen molar-refractivity contribution in [1.82, 2.24) is 0 Å². The molecule has 0 bridgehead atoms. The first kappa shape index (κ1) is 8.90. The molecule has 0 aromatic rings. The highest BCUT2D eigenvalue weighted by atomic mass is 16.5. The van der Waals surface area contributed by atoms with Crippen LogP contribution < -0.4 is 0 Å². The largest absolute Gasteiger partial charge is 0.411 e. The van der Waals surface area contributed by atoms with Gasteiger partial charge in [0.25, 0.3) is 0 Å². The summed E-state index contributed by atoms with van der Waals surface area (Å²) in [5.41, 5.74) is 0.453. The molecule has 10 heavy (non-hydrogen) atoms. The van der Waals surface area contributed by atoms with Crippen LogP contribution in [0.5, 0.6) is 0 Å². The molecule has 5 nitrogen and oxygen atoms in total. The highest BCUT2D eigenvalue weighted by Gasteiger charge is 2.03. The standard InChI is InChI=1S/C5H10N2O3/c1-4(6-8)5(7-9)3-10-2/h8-9H,3H2,1-2H3/b6-4-,7-5-. The van der Waals surface area contributed by atoms with E-state index in [4.69, 9.17) is 10.4 Å². The summed E-state index contributed by atoms with van der Waals surface area (Å²) < 4.78 is 4.64. The molecule has 2 N–H and O–H groups in total. The van der Waals surface area contributed by atoms with Crippen LogP contribution in [0, 0.1) is 0 Å². The number of hydrogen-bond acceptors (Lipinski definition) is 5. The molecule has 0 spiro atoms. The molecule has 0 radical (unpaired) electrons. The van der Waals surface area contributed by atoms with Gasteiger partial charge in [-0.2, -0.15) is 0 Å². The highest BCUT2D eigenvalue weighted by molar-refractivity contribution is 6.41. The van der Waals surface area contributed by atoms with Gasteiger partial charge < -0.3 is 15.2 Å². The molecule has 0 heterocycles. The van der Waals surface area contributed by atoms with Crippen LogP contribution in [0.25, 0.3) is 0 Å². The van der Waals surface area contributed by atoms with Crippen LogP contribution in [0.4, 0.5) is 0 Å². The van der Waals surface area contributed by atoms with E-state index in [0.29, 0.717) is 0 Å². The fourth-order valence-electron chi connectivity index (χ4n) is 0.400. The molecule has 0 aliphatic carbocycles. The van der Waals surface area contributed by atoms with Crippen molar-refractivity contribution in [3.05, 3.63) is 0 Å². The third kappa shape index (κ3) is 2.45. The van der Waals surface area contributed by atoms with Gasteiger partial charge in [0.15, 0.2) is 0 Å². The lowest BCUT2D eigenvalue weighted by atomic mass is 10.3. The Morgan fingerprint density at radius 2 is 2.00 bits per heavy atom. The summed E-state index contributed by atoms with van der Waals surface area (Å²) in [5, 5.41) is 22.2. The van der Waals surface area contributed by atoms with Crippen LogP contribution >= 0.6 is 0 Å². The minimum Gasteiger partial charge on any atom is -0.411 e. The van der Waals surface area contributed by atoms with Crippen molar-refractivity contribution >= 4 is 11.4 Å². The number of methoxy groups -OCH3 is 1. The van der Waals surface area contributed by atoms with Gasteiger partial charge in [-0.3, -0.25) is 0 Å². The molecule has 58 valence electrons. The summed E-state index contributed by atoms with van der Waals surface area (Å²) in [6, 6.07) is 0. The quantitative estimate of drug-likeness (QED) is 0.342. The third-order valence-corrected chi connectivity index (χ3v) is 0.969. The van der Waals surface area contributed by atoms with Gasteiger partial charge in [-0.25, -0.2) is 0 Å². The lowest BCUT2D eigenvalue weighted by Crippen LogP contribution is -2.16.